The summed E-state index contributed by atoms with van der Waals surface area (Å²) in [5.74, 6) is -0.661. The van der Waals surface area contributed by atoms with Crippen LogP contribution in [0.2, 0.25) is 5.15 Å². The third kappa shape index (κ3) is 4.51. The Hall–Kier alpha value is -2.18. The number of benzene rings is 1. The number of nitrogens with one attached hydrogen (secondary N) is 2. The molecule has 2 atom stereocenters. The van der Waals surface area contributed by atoms with Gasteiger partial charge >= 0.3 is 5.97 Å². The highest BCUT2D eigenvalue weighted by Gasteiger charge is 2.26. The van der Waals surface area contributed by atoms with Crippen LogP contribution in [-0.2, 0) is 4.79 Å². The van der Waals surface area contributed by atoms with E-state index in [2.05, 4.69) is 20.8 Å². The summed E-state index contributed by atoms with van der Waals surface area (Å²) < 4.78 is 0. The number of para-hydroxylation sites is 1. The number of hydrogen-bond acceptors (Lipinski definition) is 5. The minimum Gasteiger partial charge on any atom is -0.481 e. The molecule has 3 N–H and O–H groups in total. The Morgan fingerprint density at radius 1 is 1.50 bits per heavy atom. The summed E-state index contributed by atoms with van der Waals surface area (Å²) in [7, 11) is 0. The van der Waals surface area contributed by atoms with Gasteiger partial charge in [-0.05, 0) is 43.9 Å². The van der Waals surface area contributed by atoms with Crippen LogP contribution in [0.4, 0.5) is 0 Å². The molecule has 0 aliphatic carbocycles. The molecule has 0 unspecified atom stereocenters. The fourth-order valence-electron chi connectivity index (χ4n) is 3.32. The lowest BCUT2D eigenvalue weighted by atomic mass is 9.88. The lowest BCUT2D eigenvalue weighted by molar-refractivity contribution is -0.142. The molecule has 0 bridgehead atoms. The molecule has 2 aromatic rings. The predicted molar refractivity (Wildman–Crippen MR) is 104 cm³/mol. The van der Waals surface area contributed by atoms with Crippen LogP contribution < -0.4 is 10.7 Å². The fraction of sp³-hybridized carbons (Fsp3) is 0.421. The molecule has 2 heterocycles. The van der Waals surface area contributed by atoms with Gasteiger partial charge in [0.2, 0.25) is 0 Å². The molecule has 6 nitrogen and oxygen atoms in total. The smallest absolute Gasteiger partial charge is 0.307 e. The van der Waals surface area contributed by atoms with E-state index in [-0.39, 0.29) is 5.92 Å². The van der Waals surface area contributed by atoms with Crippen LogP contribution in [0.15, 0.2) is 29.4 Å². The van der Waals surface area contributed by atoms with Crippen molar-refractivity contribution in [1.82, 2.24) is 15.7 Å². The third-order valence-corrected chi connectivity index (χ3v) is 5.08. The average Bonchev–Trinajstić information content (AvgIpc) is 2.63. The predicted octanol–water partition coefficient (Wildman–Crippen LogP) is 2.82. The second kappa shape index (κ2) is 8.47. The number of nitrogens with zero attached hydrogens (tertiary/aromatic N) is 2. The highest BCUT2D eigenvalue weighted by atomic mass is 35.5. The first-order chi connectivity index (χ1) is 12.5. The van der Waals surface area contributed by atoms with Crippen LogP contribution in [-0.4, -0.2) is 41.9 Å². The van der Waals surface area contributed by atoms with Crippen molar-refractivity contribution in [3.63, 3.8) is 0 Å². The summed E-state index contributed by atoms with van der Waals surface area (Å²) in [6.07, 6.45) is 3.26. The SMILES string of the molecule is Cc1cccc2cc(/C=N/NCC[C@@H]3CNC[C@H](C(=O)O)C3)c(Cl)nc12. The van der Waals surface area contributed by atoms with E-state index in [1.54, 1.807) is 6.21 Å². The molecule has 1 saturated heterocycles. The number of aromatic nitrogens is 1. The van der Waals surface area contributed by atoms with Crippen LogP contribution in [0.25, 0.3) is 10.9 Å². The van der Waals surface area contributed by atoms with Gasteiger partial charge in [-0.1, -0.05) is 29.8 Å². The Morgan fingerprint density at radius 2 is 2.35 bits per heavy atom. The summed E-state index contributed by atoms with van der Waals surface area (Å²) in [4.78, 5) is 15.5. The number of rotatable bonds is 6. The van der Waals surface area contributed by atoms with Gasteiger partial charge in [0.1, 0.15) is 5.15 Å². The van der Waals surface area contributed by atoms with Crippen molar-refractivity contribution in [1.29, 1.82) is 0 Å². The van der Waals surface area contributed by atoms with Crippen molar-refractivity contribution >= 4 is 34.7 Å². The normalized spacial score (nSPS) is 20.5. The molecule has 1 aliphatic rings. The van der Waals surface area contributed by atoms with Gasteiger partial charge in [-0.15, -0.1) is 0 Å². The number of carboxylic acids is 1. The zero-order valence-electron chi connectivity index (χ0n) is 14.7. The van der Waals surface area contributed by atoms with Crippen LogP contribution in [0.1, 0.15) is 24.0 Å². The maximum Gasteiger partial charge on any atom is 0.307 e. The molecule has 138 valence electrons. The highest BCUT2D eigenvalue weighted by Crippen LogP contribution is 2.22. The summed E-state index contributed by atoms with van der Waals surface area (Å²) >= 11 is 6.26. The highest BCUT2D eigenvalue weighted by molar-refractivity contribution is 6.32. The van der Waals surface area contributed by atoms with Crippen molar-refractivity contribution in [2.75, 3.05) is 19.6 Å². The first-order valence-electron chi connectivity index (χ1n) is 8.80. The minimum atomic E-state index is -0.720. The quantitative estimate of drug-likeness (QED) is 0.313. The second-order valence-corrected chi connectivity index (χ2v) is 7.12. The summed E-state index contributed by atoms with van der Waals surface area (Å²) in [5.41, 5.74) is 5.78. The van der Waals surface area contributed by atoms with Crippen molar-refractivity contribution in [2.24, 2.45) is 16.9 Å². The maximum absolute atomic E-state index is 11.1. The van der Waals surface area contributed by atoms with Gasteiger partial charge in [-0.2, -0.15) is 5.10 Å². The number of fused-ring (bicyclic) bond motifs is 1. The molecule has 26 heavy (non-hydrogen) atoms. The molecular formula is C19H23ClN4O2. The zero-order chi connectivity index (χ0) is 18.5. The van der Waals surface area contributed by atoms with E-state index in [0.717, 1.165) is 35.0 Å². The Morgan fingerprint density at radius 3 is 3.15 bits per heavy atom. The largest absolute Gasteiger partial charge is 0.481 e. The molecule has 1 fully saturated rings. The number of aliphatic carboxylic acids is 1. The molecular weight excluding hydrogens is 352 g/mol. The Kier molecular flexibility index (Phi) is 6.06. The zero-order valence-corrected chi connectivity index (χ0v) is 15.5. The Balaban J connectivity index is 1.53. The van der Waals surface area contributed by atoms with Crippen LogP contribution in [0.3, 0.4) is 0 Å². The number of carbonyl (C=O) groups is 1. The number of pyridine rings is 1. The van der Waals surface area contributed by atoms with Crippen molar-refractivity contribution in [3.8, 4) is 0 Å². The first-order valence-corrected chi connectivity index (χ1v) is 9.17. The topological polar surface area (TPSA) is 86.6 Å². The lowest BCUT2D eigenvalue weighted by Gasteiger charge is -2.27. The van der Waals surface area contributed by atoms with Gasteiger partial charge in [0.25, 0.3) is 0 Å². The standard InChI is InChI=1S/C19H23ClN4O2/c1-12-3-2-4-14-8-15(18(20)24-17(12)14)11-23-22-6-5-13-7-16(19(25)26)10-21-9-13/h2-4,8,11,13,16,21-22H,5-7,9-10H2,1H3,(H,25,26)/b23-11+/t13-,16+/m0/s1. The number of halogens is 1. The van der Waals surface area contributed by atoms with E-state index < -0.39 is 5.97 Å². The number of piperidine rings is 1. The Labute approximate surface area is 157 Å². The molecule has 1 aliphatic heterocycles. The molecule has 7 heteroatoms. The van der Waals surface area contributed by atoms with E-state index >= 15 is 0 Å². The number of hydrogen-bond donors (Lipinski definition) is 3. The van der Waals surface area contributed by atoms with Gasteiger partial charge in [0, 0.05) is 24.0 Å². The molecule has 0 radical (unpaired) electrons. The monoisotopic (exact) mass is 374 g/mol. The summed E-state index contributed by atoms with van der Waals surface area (Å²) in [6.45, 7) is 4.11. The summed E-state index contributed by atoms with van der Waals surface area (Å²) in [6, 6.07) is 7.99. The van der Waals surface area contributed by atoms with E-state index in [9.17, 15) is 4.79 Å². The van der Waals surface area contributed by atoms with Gasteiger partial charge in [0.05, 0.1) is 17.6 Å². The maximum atomic E-state index is 11.1. The van der Waals surface area contributed by atoms with Gasteiger partial charge in [0.15, 0.2) is 0 Å². The van der Waals surface area contributed by atoms with Crippen LogP contribution >= 0.6 is 11.6 Å². The van der Waals surface area contributed by atoms with E-state index in [1.807, 2.05) is 31.2 Å². The van der Waals surface area contributed by atoms with Crippen LogP contribution in [0, 0.1) is 18.8 Å². The number of aryl methyl sites for hydroxylation is 1. The fourth-order valence-corrected chi connectivity index (χ4v) is 3.51. The molecule has 0 saturated carbocycles. The first kappa shape index (κ1) is 18.6. The van der Waals surface area contributed by atoms with Gasteiger partial charge in [-0.25, -0.2) is 4.98 Å². The molecule has 1 aromatic heterocycles. The molecule has 3 rings (SSSR count). The number of hydrazone groups is 1. The van der Waals surface area contributed by atoms with Crippen molar-refractivity contribution in [3.05, 3.63) is 40.5 Å². The Bertz CT molecular complexity index is 825. The van der Waals surface area contributed by atoms with Crippen LogP contribution in [0.5, 0.6) is 0 Å². The summed E-state index contributed by atoms with van der Waals surface area (Å²) in [5, 5.41) is 18.0. The van der Waals surface area contributed by atoms with Crippen molar-refractivity contribution in [2.45, 2.75) is 19.8 Å². The molecule has 0 amide bonds. The third-order valence-electron chi connectivity index (χ3n) is 4.78. The van der Waals surface area contributed by atoms with E-state index in [1.165, 1.54) is 0 Å². The minimum absolute atomic E-state index is 0.289. The molecule has 1 aromatic carbocycles. The second-order valence-electron chi connectivity index (χ2n) is 6.77. The van der Waals surface area contributed by atoms with Crippen molar-refractivity contribution < 1.29 is 9.90 Å². The average molecular weight is 375 g/mol. The molecule has 0 spiro atoms. The number of carboxylic acid groups (broad SMARTS) is 1. The van der Waals surface area contributed by atoms with E-state index in [0.29, 0.717) is 30.6 Å². The van der Waals surface area contributed by atoms with E-state index in [4.69, 9.17) is 16.7 Å². The lowest BCUT2D eigenvalue weighted by Crippen LogP contribution is -2.40. The van der Waals surface area contributed by atoms with Gasteiger partial charge in [-0.3, -0.25) is 4.79 Å². The van der Waals surface area contributed by atoms with Gasteiger partial charge < -0.3 is 15.8 Å².